The van der Waals surface area contributed by atoms with E-state index in [1.807, 2.05) is 18.2 Å². The summed E-state index contributed by atoms with van der Waals surface area (Å²) in [6, 6.07) is 12.5. The van der Waals surface area contributed by atoms with Crippen LogP contribution in [-0.2, 0) is 16.9 Å². The van der Waals surface area contributed by atoms with E-state index in [9.17, 15) is 13.2 Å². The lowest BCUT2D eigenvalue weighted by Crippen LogP contribution is -2.20. The van der Waals surface area contributed by atoms with Gasteiger partial charge in [-0.2, -0.15) is 0 Å². The van der Waals surface area contributed by atoms with E-state index in [2.05, 4.69) is 0 Å². The van der Waals surface area contributed by atoms with Crippen LogP contribution >= 0.6 is 0 Å². The number of aryl methyl sites for hydroxylation is 1. The van der Waals surface area contributed by atoms with Crippen LogP contribution in [0.25, 0.3) is 21.9 Å². The normalized spacial score (nSPS) is 15.4. The average molecular weight is 426 g/mol. The van der Waals surface area contributed by atoms with Crippen LogP contribution in [0.1, 0.15) is 39.0 Å². The fraction of sp³-hybridized carbons (Fsp3) is 0.375. The largest absolute Gasteiger partial charge is 0.490 e. The molecule has 6 heteroatoms. The van der Waals surface area contributed by atoms with Gasteiger partial charge in [-0.15, -0.1) is 0 Å². The molecule has 5 nitrogen and oxygen atoms in total. The molecule has 2 aromatic carbocycles. The fourth-order valence-corrected chi connectivity index (χ4v) is 5.08. The van der Waals surface area contributed by atoms with E-state index in [0.29, 0.717) is 16.7 Å². The predicted octanol–water partition coefficient (Wildman–Crippen LogP) is 4.71. The molecular formula is C24H27NO4S. The lowest BCUT2D eigenvalue weighted by molar-refractivity contribution is 0.155. The van der Waals surface area contributed by atoms with Crippen molar-refractivity contribution in [3.63, 3.8) is 0 Å². The van der Waals surface area contributed by atoms with Gasteiger partial charge in [-0.05, 0) is 55.3 Å². The molecule has 1 aliphatic rings. The summed E-state index contributed by atoms with van der Waals surface area (Å²) in [5.41, 5.74) is 1.43. The first kappa shape index (κ1) is 20.7. The molecule has 1 heterocycles. The van der Waals surface area contributed by atoms with Gasteiger partial charge in [-0.25, -0.2) is 8.42 Å². The second kappa shape index (κ2) is 8.26. The van der Waals surface area contributed by atoms with E-state index in [4.69, 9.17) is 4.74 Å². The van der Waals surface area contributed by atoms with Crippen LogP contribution in [-0.4, -0.2) is 24.8 Å². The van der Waals surface area contributed by atoms with Gasteiger partial charge in [0.25, 0.3) is 5.56 Å². The molecule has 0 unspecified atom stereocenters. The Morgan fingerprint density at radius 3 is 2.40 bits per heavy atom. The van der Waals surface area contributed by atoms with Gasteiger partial charge in [0.1, 0.15) is 5.75 Å². The quantitative estimate of drug-likeness (QED) is 0.594. The van der Waals surface area contributed by atoms with Crippen molar-refractivity contribution in [1.82, 2.24) is 4.57 Å². The number of aromatic nitrogens is 1. The smallest absolute Gasteiger partial charge is 0.258 e. The number of sulfone groups is 1. The SMILES string of the molecule is CCS(=O)(=O)c1ccc(OC2CCCCC2)c(-c2cn(C)c(=O)c3ccccc23)c1. The predicted molar refractivity (Wildman–Crippen MR) is 120 cm³/mol. The minimum atomic E-state index is -3.37. The molecule has 30 heavy (non-hydrogen) atoms. The highest BCUT2D eigenvalue weighted by atomic mass is 32.2. The summed E-state index contributed by atoms with van der Waals surface area (Å²) in [5, 5.41) is 1.39. The lowest BCUT2D eigenvalue weighted by atomic mass is 9.97. The zero-order valence-electron chi connectivity index (χ0n) is 17.4. The Kier molecular flexibility index (Phi) is 5.69. The summed E-state index contributed by atoms with van der Waals surface area (Å²) in [7, 11) is -1.66. The highest BCUT2D eigenvalue weighted by Crippen LogP contribution is 2.37. The molecular weight excluding hydrogens is 398 g/mol. The van der Waals surface area contributed by atoms with Crippen molar-refractivity contribution in [2.75, 3.05) is 5.75 Å². The summed E-state index contributed by atoms with van der Waals surface area (Å²) in [4.78, 5) is 12.9. The minimum absolute atomic E-state index is 0.0310. The summed E-state index contributed by atoms with van der Waals surface area (Å²) < 4.78 is 33.1. The van der Waals surface area contributed by atoms with Gasteiger partial charge >= 0.3 is 0 Å². The lowest BCUT2D eigenvalue weighted by Gasteiger charge is -2.25. The van der Waals surface area contributed by atoms with E-state index < -0.39 is 9.84 Å². The van der Waals surface area contributed by atoms with Crippen LogP contribution in [0.3, 0.4) is 0 Å². The van der Waals surface area contributed by atoms with E-state index in [1.165, 1.54) is 6.42 Å². The zero-order chi connectivity index (χ0) is 21.3. The number of benzene rings is 2. The third-order valence-electron chi connectivity index (χ3n) is 5.92. The number of ether oxygens (including phenoxy) is 1. The Labute approximate surface area is 177 Å². The second-order valence-corrected chi connectivity index (χ2v) is 10.2. The number of hydrogen-bond acceptors (Lipinski definition) is 4. The Hall–Kier alpha value is -2.60. The molecule has 1 aliphatic carbocycles. The fourth-order valence-electron chi connectivity index (χ4n) is 4.18. The van der Waals surface area contributed by atoms with Crippen molar-refractivity contribution in [2.24, 2.45) is 7.05 Å². The minimum Gasteiger partial charge on any atom is -0.490 e. The number of hydrogen-bond donors (Lipinski definition) is 0. The summed E-state index contributed by atoms with van der Waals surface area (Å²) >= 11 is 0. The van der Waals surface area contributed by atoms with Crippen molar-refractivity contribution < 1.29 is 13.2 Å². The molecule has 0 amide bonds. The Morgan fingerprint density at radius 1 is 1.00 bits per heavy atom. The van der Waals surface area contributed by atoms with Gasteiger partial charge in [0, 0.05) is 29.8 Å². The third kappa shape index (κ3) is 3.88. The highest BCUT2D eigenvalue weighted by molar-refractivity contribution is 7.91. The van der Waals surface area contributed by atoms with Crippen molar-refractivity contribution in [3.05, 3.63) is 59.0 Å². The molecule has 0 radical (unpaired) electrons. The van der Waals surface area contributed by atoms with Crippen LogP contribution < -0.4 is 10.3 Å². The zero-order valence-corrected chi connectivity index (χ0v) is 18.2. The van der Waals surface area contributed by atoms with Gasteiger partial charge in [-0.3, -0.25) is 4.79 Å². The van der Waals surface area contributed by atoms with Crippen LogP contribution in [0.5, 0.6) is 5.75 Å². The first-order chi connectivity index (χ1) is 14.4. The van der Waals surface area contributed by atoms with Gasteiger partial charge < -0.3 is 9.30 Å². The maximum atomic E-state index is 12.6. The van der Waals surface area contributed by atoms with E-state index in [1.54, 1.807) is 49.0 Å². The maximum absolute atomic E-state index is 12.6. The van der Waals surface area contributed by atoms with Crippen LogP contribution in [0.4, 0.5) is 0 Å². The van der Waals surface area contributed by atoms with Gasteiger partial charge in [0.15, 0.2) is 9.84 Å². The third-order valence-corrected chi connectivity index (χ3v) is 7.65. The average Bonchev–Trinajstić information content (AvgIpc) is 2.77. The number of pyridine rings is 1. The van der Waals surface area contributed by atoms with E-state index in [-0.39, 0.29) is 22.3 Å². The molecule has 1 fully saturated rings. The van der Waals surface area contributed by atoms with Crippen LogP contribution in [0.2, 0.25) is 0 Å². The molecule has 0 bridgehead atoms. The monoisotopic (exact) mass is 425 g/mol. The van der Waals surface area contributed by atoms with Crippen LogP contribution in [0, 0.1) is 0 Å². The molecule has 0 N–H and O–H groups in total. The molecule has 1 aromatic heterocycles. The number of fused-ring (bicyclic) bond motifs is 1. The Balaban J connectivity index is 1.94. The van der Waals surface area contributed by atoms with E-state index >= 15 is 0 Å². The van der Waals surface area contributed by atoms with Crippen molar-refractivity contribution in [1.29, 1.82) is 0 Å². The Bertz CT molecular complexity index is 1240. The summed E-state index contributed by atoms with van der Waals surface area (Å²) in [6.07, 6.45) is 7.42. The topological polar surface area (TPSA) is 65.4 Å². The molecule has 158 valence electrons. The summed E-state index contributed by atoms with van der Waals surface area (Å²) in [5.74, 6) is 0.698. The van der Waals surface area contributed by atoms with Gasteiger partial charge in [0.05, 0.1) is 16.8 Å². The van der Waals surface area contributed by atoms with Crippen molar-refractivity contribution in [2.45, 2.75) is 50.0 Å². The van der Waals surface area contributed by atoms with E-state index in [0.717, 1.165) is 36.6 Å². The van der Waals surface area contributed by atoms with Crippen LogP contribution in [0.15, 0.2) is 58.4 Å². The molecule has 3 aromatic rings. The molecule has 0 saturated heterocycles. The molecule has 1 saturated carbocycles. The summed E-state index contributed by atoms with van der Waals surface area (Å²) in [6.45, 7) is 1.64. The molecule has 0 aliphatic heterocycles. The molecule has 0 spiro atoms. The van der Waals surface area contributed by atoms with Gasteiger partial charge in [0.2, 0.25) is 0 Å². The van der Waals surface area contributed by atoms with Crippen molar-refractivity contribution >= 4 is 20.6 Å². The first-order valence-electron chi connectivity index (χ1n) is 10.5. The van der Waals surface area contributed by atoms with Crippen molar-refractivity contribution in [3.8, 4) is 16.9 Å². The molecule has 4 rings (SSSR count). The Morgan fingerprint density at radius 2 is 1.70 bits per heavy atom. The standard InChI is InChI=1S/C24H27NO4S/c1-3-30(27,28)18-13-14-23(29-17-9-5-4-6-10-17)21(15-18)22-16-25(2)24(26)20-12-8-7-11-19(20)22/h7-8,11-17H,3-6,9-10H2,1-2H3. The first-order valence-corrected chi connectivity index (χ1v) is 12.2. The van der Waals surface area contributed by atoms with Gasteiger partial charge in [-0.1, -0.05) is 31.5 Å². The maximum Gasteiger partial charge on any atom is 0.258 e. The number of rotatable bonds is 5. The molecule has 0 atom stereocenters. The number of nitrogens with zero attached hydrogens (tertiary/aromatic N) is 1. The second-order valence-electron chi connectivity index (χ2n) is 7.94. The highest BCUT2D eigenvalue weighted by Gasteiger charge is 2.21.